The fourth-order valence-electron chi connectivity index (χ4n) is 1.37. The van der Waals surface area contributed by atoms with Crippen LogP contribution in [0.1, 0.15) is 20.8 Å². The van der Waals surface area contributed by atoms with Crippen LogP contribution in [0, 0.1) is 0 Å². The molecule has 1 saturated heterocycles. The summed E-state index contributed by atoms with van der Waals surface area (Å²) in [4.78, 5) is 4.52. The van der Waals surface area contributed by atoms with Crippen LogP contribution in [0.2, 0.25) is 0 Å². The first-order valence-electron chi connectivity index (χ1n) is 4.22. The first kappa shape index (κ1) is 8.78. The summed E-state index contributed by atoms with van der Waals surface area (Å²) in [6.45, 7) is 9.77. The summed E-state index contributed by atoms with van der Waals surface area (Å²) < 4.78 is 0. The molecular formula is C8H16N2S. The van der Waals surface area contributed by atoms with E-state index in [9.17, 15) is 0 Å². The largest absolute Gasteiger partial charge is 0.348 e. The topological polar surface area (TPSA) is 6.48 Å². The van der Waals surface area contributed by atoms with Gasteiger partial charge >= 0.3 is 0 Å². The van der Waals surface area contributed by atoms with E-state index in [-0.39, 0.29) is 0 Å². The van der Waals surface area contributed by atoms with E-state index in [0.29, 0.717) is 6.04 Å². The number of rotatable bonds is 2. The van der Waals surface area contributed by atoms with Gasteiger partial charge in [-0.2, -0.15) is 0 Å². The third-order valence-corrected chi connectivity index (χ3v) is 2.62. The minimum atomic E-state index is 0.555. The maximum absolute atomic E-state index is 5.29. The zero-order valence-corrected chi connectivity index (χ0v) is 8.32. The predicted molar refractivity (Wildman–Crippen MR) is 51.7 cm³/mol. The molecule has 0 aromatic rings. The van der Waals surface area contributed by atoms with Crippen LogP contribution in [0.15, 0.2) is 0 Å². The van der Waals surface area contributed by atoms with Gasteiger partial charge in [-0.15, -0.1) is 0 Å². The van der Waals surface area contributed by atoms with E-state index in [2.05, 4.69) is 30.6 Å². The summed E-state index contributed by atoms with van der Waals surface area (Å²) in [7, 11) is 0. The molecule has 0 N–H and O–H groups in total. The molecule has 3 heteroatoms. The van der Waals surface area contributed by atoms with Crippen molar-refractivity contribution in [1.29, 1.82) is 0 Å². The van der Waals surface area contributed by atoms with Crippen molar-refractivity contribution in [2.45, 2.75) is 26.8 Å². The molecule has 0 amide bonds. The highest BCUT2D eigenvalue weighted by Crippen LogP contribution is 2.11. The monoisotopic (exact) mass is 172 g/mol. The molecule has 0 unspecified atom stereocenters. The van der Waals surface area contributed by atoms with Crippen LogP contribution in [-0.2, 0) is 0 Å². The molecule has 0 aromatic heterocycles. The van der Waals surface area contributed by atoms with Gasteiger partial charge in [0.25, 0.3) is 0 Å². The molecule has 1 aliphatic rings. The molecular weight excluding hydrogens is 156 g/mol. The van der Waals surface area contributed by atoms with E-state index in [4.69, 9.17) is 12.2 Å². The minimum Gasteiger partial charge on any atom is -0.348 e. The summed E-state index contributed by atoms with van der Waals surface area (Å²) in [5.41, 5.74) is 0. The summed E-state index contributed by atoms with van der Waals surface area (Å²) in [5, 5.41) is 1.03. The second kappa shape index (κ2) is 3.39. The molecule has 11 heavy (non-hydrogen) atoms. The first-order valence-corrected chi connectivity index (χ1v) is 4.63. The Morgan fingerprint density at radius 2 is 2.09 bits per heavy atom. The molecule has 1 fully saturated rings. The van der Waals surface area contributed by atoms with Crippen molar-refractivity contribution in [3.63, 3.8) is 0 Å². The van der Waals surface area contributed by atoms with Gasteiger partial charge < -0.3 is 9.80 Å². The van der Waals surface area contributed by atoms with Crippen LogP contribution in [0.3, 0.4) is 0 Å². The lowest BCUT2D eigenvalue weighted by Gasteiger charge is -2.24. The van der Waals surface area contributed by atoms with Gasteiger partial charge in [0, 0.05) is 25.7 Å². The quantitative estimate of drug-likeness (QED) is 0.580. The van der Waals surface area contributed by atoms with Gasteiger partial charge in [0.15, 0.2) is 5.11 Å². The van der Waals surface area contributed by atoms with Crippen LogP contribution >= 0.6 is 12.2 Å². The molecule has 64 valence electrons. The molecule has 0 aliphatic carbocycles. The fourth-order valence-corrected chi connectivity index (χ4v) is 1.90. The maximum atomic E-state index is 5.29. The lowest BCUT2D eigenvalue weighted by atomic mass is 10.3. The SMILES string of the molecule is CCN1CCN(C(C)C)C1=S. The van der Waals surface area contributed by atoms with Gasteiger partial charge in [-0.25, -0.2) is 0 Å². The Bertz CT molecular complexity index is 156. The summed E-state index contributed by atoms with van der Waals surface area (Å²) in [6, 6.07) is 0.555. The normalized spacial score (nSPS) is 18.7. The number of nitrogens with zero attached hydrogens (tertiary/aromatic N) is 2. The van der Waals surface area contributed by atoms with Crippen LogP contribution in [0.25, 0.3) is 0 Å². The van der Waals surface area contributed by atoms with Gasteiger partial charge in [0.1, 0.15) is 0 Å². The average Bonchev–Trinajstić information content (AvgIpc) is 2.30. The van der Waals surface area contributed by atoms with Crippen molar-refractivity contribution in [2.75, 3.05) is 19.6 Å². The third kappa shape index (κ3) is 1.64. The second-order valence-corrected chi connectivity index (χ2v) is 3.51. The molecule has 0 spiro atoms. The van der Waals surface area contributed by atoms with Gasteiger partial charge in [0.2, 0.25) is 0 Å². The van der Waals surface area contributed by atoms with Crippen LogP contribution in [0.5, 0.6) is 0 Å². The van der Waals surface area contributed by atoms with E-state index in [1.54, 1.807) is 0 Å². The zero-order chi connectivity index (χ0) is 8.43. The summed E-state index contributed by atoms with van der Waals surface area (Å²) in [5.74, 6) is 0. The van der Waals surface area contributed by atoms with E-state index in [1.165, 1.54) is 0 Å². The highest BCUT2D eigenvalue weighted by Gasteiger charge is 2.24. The Balaban J connectivity index is 2.56. The summed E-state index contributed by atoms with van der Waals surface area (Å²) >= 11 is 5.29. The molecule has 1 rings (SSSR count). The van der Waals surface area contributed by atoms with Crippen molar-refractivity contribution in [2.24, 2.45) is 0 Å². The lowest BCUT2D eigenvalue weighted by Crippen LogP contribution is -2.35. The standard InChI is InChI=1S/C8H16N2S/c1-4-9-5-6-10(7(2)3)8(9)11/h7H,4-6H2,1-3H3. The van der Waals surface area contributed by atoms with Crippen LogP contribution < -0.4 is 0 Å². The minimum absolute atomic E-state index is 0.555. The Morgan fingerprint density at radius 3 is 2.36 bits per heavy atom. The predicted octanol–water partition coefficient (Wildman–Crippen LogP) is 1.32. The first-order chi connectivity index (χ1) is 5.16. The van der Waals surface area contributed by atoms with Gasteiger partial charge in [-0.1, -0.05) is 0 Å². The summed E-state index contributed by atoms with van der Waals surface area (Å²) in [6.07, 6.45) is 0. The van der Waals surface area contributed by atoms with Gasteiger partial charge in [0.05, 0.1) is 0 Å². The maximum Gasteiger partial charge on any atom is 0.171 e. The molecule has 1 aliphatic heterocycles. The number of hydrogen-bond acceptors (Lipinski definition) is 1. The Morgan fingerprint density at radius 1 is 1.45 bits per heavy atom. The molecule has 0 saturated carbocycles. The Hall–Kier alpha value is -0.310. The van der Waals surface area contributed by atoms with Gasteiger partial charge in [-0.3, -0.25) is 0 Å². The number of likely N-dealkylation sites (N-methyl/N-ethyl adjacent to an activating group) is 1. The molecule has 1 heterocycles. The molecule has 0 atom stereocenters. The van der Waals surface area contributed by atoms with E-state index < -0.39 is 0 Å². The van der Waals surface area contributed by atoms with Crippen molar-refractivity contribution in [1.82, 2.24) is 9.80 Å². The highest BCUT2D eigenvalue weighted by atomic mass is 32.1. The molecule has 0 bridgehead atoms. The van der Waals surface area contributed by atoms with Crippen molar-refractivity contribution < 1.29 is 0 Å². The number of hydrogen-bond donors (Lipinski definition) is 0. The van der Waals surface area contributed by atoms with E-state index in [1.807, 2.05) is 0 Å². The average molecular weight is 172 g/mol. The smallest absolute Gasteiger partial charge is 0.171 e. The third-order valence-electron chi connectivity index (χ3n) is 2.13. The van der Waals surface area contributed by atoms with Crippen LogP contribution in [-0.4, -0.2) is 40.6 Å². The fraction of sp³-hybridized carbons (Fsp3) is 0.875. The van der Waals surface area contributed by atoms with E-state index in [0.717, 1.165) is 24.7 Å². The molecule has 0 aromatic carbocycles. The van der Waals surface area contributed by atoms with Crippen molar-refractivity contribution >= 4 is 17.3 Å². The van der Waals surface area contributed by atoms with Gasteiger partial charge in [-0.05, 0) is 33.0 Å². The highest BCUT2D eigenvalue weighted by molar-refractivity contribution is 7.80. The Labute approximate surface area is 74.2 Å². The number of thiocarbonyl (C=S) groups is 1. The van der Waals surface area contributed by atoms with Crippen molar-refractivity contribution in [3.05, 3.63) is 0 Å². The van der Waals surface area contributed by atoms with Crippen LogP contribution in [0.4, 0.5) is 0 Å². The zero-order valence-electron chi connectivity index (χ0n) is 7.50. The van der Waals surface area contributed by atoms with Crippen molar-refractivity contribution in [3.8, 4) is 0 Å². The van der Waals surface area contributed by atoms with E-state index >= 15 is 0 Å². The Kier molecular flexibility index (Phi) is 2.71. The molecule has 0 radical (unpaired) electrons. The second-order valence-electron chi connectivity index (χ2n) is 3.15. The molecule has 2 nitrogen and oxygen atoms in total. The lowest BCUT2D eigenvalue weighted by molar-refractivity contribution is 0.389.